The zero-order chi connectivity index (χ0) is 10.9. The summed E-state index contributed by atoms with van der Waals surface area (Å²) in [6.45, 7) is 8.71. The monoisotopic (exact) mass is 212 g/mol. The van der Waals surface area contributed by atoms with Gasteiger partial charge in [0.2, 0.25) is 0 Å². The predicted molar refractivity (Wildman–Crippen MR) is 61.8 cm³/mol. The van der Waals surface area contributed by atoms with Gasteiger partial charge in [-0.05, 0) is 25.2 Å². The number of hydrogen-bond acceptors (Lipinski definition) is 3. The van der Waals surface area contributed by atoms with E-state index in [-0.39, 0.29) is 5.54 Å². The summed E-state index contributed by atoms with van der Waals surface area (Å²) in [6, 6.07) is 0. The fourth-order valence-electron chi connectivity index (χ4n) is 2.51. The average molecular weight is 212 g/mol. The number of nitrogens with zero attached hydrogens (tertiary/aromatic N) is 1. The SMILES string of the molecule is CC(C)C1(N)CN(CCC2CCCO2)C1. The Bertz CT molecular complexity index is 206. The molecule has 2 aliphatic heterocycles. The Morgan fingerprint density at radius 1 is 1.47 bits per heavy atom. The van der Waals surface area contributed by atoms with Crippen LogP contribution in [0.2, 0.25) is 0 Å². The highest BCUT2D eigenvalue weighted by Gasteiger charge is 2.41. The van der Waals surface area contributed by atoms with Crippen molar-refractivity contribution in [1.29, 1.82) is 0 Å². The molecule has 2 rings (SSSR count). The molecule has 0 aliphatic carbocycles. The third-order valence-electron chi connectivity index (χ3n) is 3.98. The molecule has 3 nitrogen and oxygen atoms in total. The molecule has 1 atom stereocenters. The van der Waals surface area contributed by atoms with Crippen molar-refractivity contribution in [3.05, 3.63) is 0 Å². The van der Waals surface area contributed by atoms with Crippen molar-refractivity contribution in [2.75, 3.05) is 26.2 Å². The van der Waals surface area contributed by atoms with Gasteiger partial charge < -0.3 is 10.5 Å². The van der Waals surface area contributed by atoms with Gasteiger partial charge in [0.05, 0.1) is 6.10 Å². The van der Waals surface area contributed by atoms with Crippen molar-refractivity contribution < 1.29 is 4.74 Å². The predicted octanol–water partition coefficient (Wildman–Crippen LogP) is 1.22. The zero-order valence-corrected chi connectivity index (χ0v) is 10.0. The van der Waals surface area contributed by atoms with Crippen molar-refractivity contribution in [2.45, 2.75) is 44.8 Å². The van der Waals surface area contributed by atoms with Gasteiger partial charge >= 0.3 is 0 Å². The molecule has 1 unspecified atom stereocenters. The van der Waals surface area contributed by atoms with Gasteiger partial charge in [0.1, 0.15) is 0 Å². The van der Waals surface area contributed by atoms with Crippen LogP contribution in [0, 0.1) is 5.92 Å². The van der Waals surface area contributed by atoms with Crippen LogP contribution in [0.15, 0.2) is 0 Å². The Labute approximate surface area is 93.0 Å². The van der Waals surface area contributed by atoms with E-state index in [9.17, 15) is 0 Å². The highest BCUT2D eigenvalue weighted by Crippen LogP contribution is 2.27. The number of hydrogen-bond donors (Lipinski definition) is 1. The summed E-state index contributed by atoms with van der Waals surface area (Å²) in [5.41, 5.74) is 6.33. The van der Waals surface area contributed by atoms with Crippen molar-refractivity contribution in [3.63, 3.8) is 0 Å². The van der Waals surface area contributed by atoms with Crippen LogP contribution in [0.1, 0.15) is 33.1 Å². The first-order valence-electron chi connectivity index (χ1n) is 6.23. The van der Waals surface area contributed by atoms with E-state index in [1.165, 1.54) is 19.3 Å². The third kappa shape index (κ3) is 2.52. The molecule has 88 valence electrons. The molecule has 0 aromatic carbocycles. The van der Waals surface area contributed by atoms with Crippen LogP contribution in [0.4, 0.5) is 0 Å². The lowest BCUT2D eigenvalue weighted by atomic mass is 9.80. The van der Waals surface area contributed by atoms with Gasteiger partial charge in [-0.25, -0.2) is 0 Å². The summed E-state index contributed by atoms with van der Waals surface area (Å²) in [4.78, 5) is 2.46. The van der Waals surface area contributed by atoms with Gasteiger partial charge in [0.15, 0.2) is 0 Å². The molecule has 0 aromatic rings. The van der Waals surface area contributed by atoms with Gasteiger partial charge in [-0.3, -0.25) is 4.90 Å². The molecule has 2 saturated heterocycles. The fourth-order valence-corrected chi connectivity index (χ4v) is 2.51. The lowest BCUT2D eigenvalue weighted by Crippen LogP contribution is -2.70. The lowest BCUT2D eigenvalue weighted by molar-refractivity contribution is 0.0200. The van der Waals surface area contributed by atoms with Crippen LogP contribution in [-0.4, -0.2) is 42.8 Å². The van der Waals surface area contributed by atoms with Crippen LogP contribution in [0.5, 0.6) is 0 Å². The topological polar surface area (TPSA) is 38.5 Å². The number of rotatable bonds is 4. The van der Waals surface area contributed by atoms with E-state index in [0.717, 1.165) is 26.2 Å². The smallest absolute Gasteiger partial charge is 0.0588 e. The van der Waals surface area contributed by atoms with E-state index >= 15 is 0 Å². The molecule has 15 heavy (non-hydrogen) atoms. The van der Waals surface area contributed by atoms with Crippen LogP contribution in [0.3, 0.4) is 0 Å². The normalized spacial score (nSPS) is 30.8. The van der Waals surface area contributed by atoms with E-state index in [1.807, 2.05) is 0 Å². The second-order valence-electron chi connectivity index (χ2n) is 5.52. The number of ether oxygens (including phenoxy) is 1. The minimum absolute atomic E-state index is 0.0799. The average Bonchev–Trinajstić information content (AvgIpc) is 2.62. The van der Waals surface area contributed by atoms with Gasteiger partial charge in [0, 0.05) is 31.8 Å². The Kier molecular flexibility index (Phi) is 3.33. The van der Waals surface area contributed by atoms with Crippen molar-refractivity contribution in [2.24, 2.45) is 11.7 Å². The van der Waals surface area contributed by atoms with E-state index in [4.69, 9.17) is 10.5 Å². The largest absolute Gasteiger partial charge is 0.378 e. The van der Waals surface area contributed by atoms with Crippen molar-refractivity contribution >= 4 is 0 Å². The highest BCUT2D eigenvalue weighted by atomic mass is 16.5. The minimum atomic E-state index is 0.0799. The molecule has 0 saturated carbocycles. The summed E-state index contributed by atoms with van der Waals surface area (Å²) < 4.78 is 5.61. The molecule has 2 fully saturated rings. The molecule has 0 aromatic heterocycles. The quantitative estimate of drug-likeness (QED) is 0.761. The van der Waals surface area contributed by atoms with Gasteiger partial charge in [0.25, 0.3) is 0 Å². The Morgan fingerprint density at radius 2 is 2.20 bits per heavy atom. The maximum Gasteiger partial charge on any atom is 0.0588 e. The van der Waals surface area contributed by atoms with E-state index in [0.29, 0.717) is 12.0 Å². The van der Waals surface area contributed by atoms with E-state index in [1.54, 1.807) is 0 Å². The molecule has 0 spiro atoms. The molecule has 2 aliphatic rings. The van der Waals surface area contributed by atoms with Gasteiger partial charge in [-0.15, -0.1) is 0 Å². The molecule has 0 amide bonds. The van der Waals surface area contributed by atoms with Crippen LogP contribution in [-0.2, 0) is 4.74 Å². The first kappa shape index (κ1) is 11.4. The fraction of sp³-hybridized carbons (Fsp3) is 1.00. The van der Waals surface area contributed by atoms with E-state index in [2.05, 4.69) is 18.7 Å². The maximum atomic E-state index is 6.25. The molecule has 2 heterocycles. The van der Waals surface area contributed by atoms with Crippen LogP contribution in [0.25, 0.3) is 0 Å². The van der Waals surface area contributed by atoms with Gasteiger partial charge in [-0.2, -0.15) is 0 Å². The summed E-state index contributed by atoms with van der Waals surface area (Å²) in [7, 11) is 0. The highest BCUT2D eigenvalue weighted by molar-refractivity contribution is 5.01. The molecule has 0 radical (unpaired) electrons. The maximum absolute atomic E-state index is 6.25. The lowest BCUT2D eigenvalue weighted by Gasteiger charge is -2.50. The van der Waals surface area contributed by atoms with E-state index < -0.39 is 0 Å². The van der Waals surface area contributed by atoms with Gasteiger partial charge in [-0.1, -0.05) is 13.8 Å². The van der Waals surface area contributed by atoms with Crippen molar-refractivity contribution in [3.8, 4) is 0 Å². The summed E-state index contributed by atoms with van der Waals surface area (Å²) in [6.07, 6.45) is 4.22. The minimum Gasteiger partial charge on any atom is -0.378 e. The molecule has 0 bridgehead atoms. The molecular formula is C12H24N2O. The van der Waals surface area contributed by atoms with Crippen LogP contribution >= 0.6 is 0 Å². The number of likely N-dealkylation sites (tertiary alicyclic amines) is 1. The zero-order valence-electron chi connectivity index (χ0n) is 10.0. The summed E-state index contributed by atoms with van der Waals surface area (Å²) >= 11 is 0. The second-order valence-corrected chi connectivity index (χ2v) is 5.52. The first-order valence-corrected chi connectivity index (χ1v) is 6.23. The molecular weight excluding hydrogens is 188 g/mol. The Hall–Kier alpha value is -0.120. The second kappa shape index (κ2) is 4.40. The molecule has 2 N–H and O–H groups in total. The van der Waals surface area contributed by atoms with Crippen LogP contribution < -0.4 is 5.73 Å². The Balaban J connectivity index is 1.63. The summed E-state index contributed by atoms with van der Waals surface area (Å²) in [5, 5.41) is 0. The first-order chi connectivity index (χ1) is 7.10. The third-order valence-corrected chi connectivity index (χ3v) is 3.98. The number of nitrogens with two attached hydrogens (primary N) is 1. The molecule has 3 heteroatoms. The Morgan fingerprint density at radius 3 is 2.73 bits per heavy atom. The summed E-state index contributed by atoms with van der Waals surface area (Å²) in [5.74, 6) is 0.594. The standard InChI is InChI=1S/C12H24N2O/c1-10(2)12(13)8-14(9-12)6-5-11-4-3-7-15-11/h10-11H,3-9,13H2,1-2H3. The van der Waals surface area contributed by atoms with Crippen molar-refractivity contribution in [1.82, 2.24) is 4.90 Å².